The second kappa shape index (κ2) is 3.51. The molecule has 4 rings (SSSR count). The quantitative estimate of drug-likeness (QED) is 0.704. The highest BCUT2D eigenvalue weighted by Crippen LogP contribution is 2.62. The number of rotatable bonds is 1. The van der Waals surface area contributed by atoms with E-state index in [2.05, 4.69) is 25.1 Å². The van der Waals surface area contributed by atoms with E-state index >= 15 is 0 Å². The lowest BCUT2D eigenvalue weighted by molar-refractivity contribution is 0.235. The maximum absolute atomic E-state index is 6.09. The zero-order chi connectivity index (χ0) is 12.3. The molecule has 18 heavy (non-hydrogen) atoms. The molecule has 1 saturated heterocycles. The normalized spacial score (nSPS) is 40.4. The van der Waals surface area contributed by atoms with Crippen molar-refractivity contribution in [2.24, 2.45) is 5.92 Å². The molecule has 1 saturated carbocycles. The first-order valence-electron chi connectivity index (χ1n) is 7.10. The standard InChI is InChI=1S/C16H20O2/c1-16-14-8-7-10(17-2)9-13(14)11-5-3-4-6-12(11)15(16)18-16/h7-9,11-12,15H,3-6H2,1-2H3/t11-,12+,15-,16+/m1/s1. The third kappa shape index (κ3) is 1.27. The van der Waals surface area contributed by atoms with Crippen molar-refractivity contribution in [1.82, 2.24) is 0 Å². The van der Waals surface area contributed by atoms with Crippen LogP contribution in [0.4, 0.5) is 0 Å². The zero-order valence-corrected chi connectivity index (χ0v) is 11.1. The molecule has 0 radical (unpaired) electrons. The smallest absolute Gasteiger partial charge is 0.119 e. The molecular formula is C16H20O2. The van der Waals surface area contributed by atoms with E-state index in [1.807, 2.05) is 0 Å². The van der Waals surface area contributed by atoms with E-state index in [1.54, 1.807) is 7.11 Å². The molecule has 1 aliphatic heterocycles. The minimum Gasteiger partial charge on any atom is -0.497 e. The Morgan fingerprint density at radius 3 is 2.94 bits per heavy atom. The first-order valence-corrected chi connectivity index (χ1v) is 7.10. The fourth-order valence-electron chi connectivity index (χ4n) is 4.28. The fraction of sp³-hybridized carbons (Fsp3) is 0.625. The van der Waals surface area contributed by atoms with Gasteiger partial charge in [-0.3, -0.25) is 0 Å². The van der Waals surface area contributed by atoms with Crippen LogP contribution in [0.3, 0.4) is 0 Å². The molecule has 0 unspecified atom stereocenters. The minimum absolute atomic E-state index is 0.000111. The number of fused-ring (bicyclic) bond motifs is 6. The summed E-state index contributed by atoms with van der Waals surface area (Å²) in [6.45, 7) is 2.26. The summed E-state index contributed by atoms with van der Waals surface area (Å²) < 4.78 is 11.5. The van der Waals surface area contributed by atoms with Crippen LogP contribution in [0.25, 0.3) is 0 Å². The van der Waals surface area contributed by atoms with Gasteiger partial charge in [-0.15, -0.1) is 0 Å². The minimum atomic E-state index is 0.000111. The van der Waals surface area contributed by atoms with Gasteiger partial charge >= 0.3 is 0 Å². The predicted molar refractivity (Wildman–Crippen MR) is 69.9 cm³/mol. The highest BCUT2D eigenvalue weighted by molar-refractivity contribution is 5.47. The molecule has 0 bridgehead atoms. The molecule has 0 N–H and O–H groups in total. The van der Waals surface area contributed by atoms with Gasteiger partial charge in [0.05, 0.1) is 13.2 Å². The van der Waals surface area contributed by atoms with Crippen molar-refractivity contribution >= 4 is 0 Å². The Labute approximate surface area is 108 Å². The van der Waals surface area contributed by atoms with E-state index in [4.69, 9.17) is 9.47 Å². The van der Waals surface area contributed by atoms with Gasteiger partial charge in [-0.05, 0) is 54.9 Å². The predicted octanol–water partition coefficient (Wildman–Crippen LogP) is 3.60. The molecule has 0 aromatic heterocycles. The number of hydrogen-bond acceptors (Lipinski definition) is 2. The molecule has 2 heteroatoms. The lowest BCUT2D eigenvalue weighted by atomic mass is 9.65. The van der Waals surface area contributed by atoms with Gasteiger partial charge in [0, 0.05) is 0 Å². The van der Waals surface area contributed by atoms with Crippen LogP contribution in [0.2, 0.25) is 0 Å². The van der Waals surface area contributed by atoms with Crippen LogP contribution < -0.4 is 4.74 Å². The molecule has 1 aromatic rings. The van der Waals surface area contributed by atoms with Gasteiger partial charge in [0.25, 0.3) is 0 Å². The van der Waals surface area contributed by atoms with Gasteiger partial charge in [-0.2, -0.15) is 0 Å². The van der Waals surface area contributed by atoms with Crippen LogP contribution in [0.1, 0.15) is 49.7 Å². The monoisotopic (exact) mass is 244 g/mol. The van der Waals surface area contributed by atoms with Crippen molar-refractivity contribution in [3.8, 4) is 5.75 Å². The van der Waals surface area contributed by atoms with Crippen LogP contribution in [-0.2, 0) is 10.3 Å². The number of epoxide rings is 1. The summed E-state index contributed by atoms with van der Waals surface area (Å²) in [5.41, 5.74) is 2.91. The van der Waals surface area contributed by atoms with Gasteiger partial charge in [-0.25, -0.2) is 0 Å². The van der Waals surface area contributed by atoms with Crippen LogP contribution in [0.15, 0.2) is 18.2 Å². The van der Waals surface area contributed by atoms with E-state index in [0.29, 0.717) is 12.0 Å². The topological polar surface area (TPSA) is 21.8 Å². The molecule has 0 amide bonds. The Bertz CT molecular complexity index is 496. The highest BCUT2D eigenvalue weighted by atomic mass is 16.6. The van der Waals surface area contributed by atoms with Crippen LogP contribution >= 0.6 is 0 Å². The summed E-state index contributed by atoms with van der Waals surface area (Å²) in [7, 11) is 1.75. The average Bonchev–Trinajstić information content (AvgIpc) is 3.12. The fourth-order valence-corrected chi connectivity index (χ4v) is 4.28. The highest BCUT2D eigenvalue weighted by Gasteiger charge is 2.63. The Morgan fingerprint density at radius 2 is 2.11 bits per heavy atom. The summed E-state index contributed by atoms with van der Waals surface area (Å²) >= 11 is 0. The van der Waals surface area contributed by atoms with E-state index < -0.39 is 0 Å². The Balaban J connectivity index is 1.85. The van der Waals surface area contributed by atoms with Gasteiger partial charge < -0.3 is 9.47 Å². The number of benzene rings is 1. The van der Waals surface area contributed by atoms with E-state index in [1.165, 1.54) is 36.8 Å². The summed E-state index contributed by atoms with van der Waals surface area (Å²) in [5, 5.41) is 0. The summed E-state index contributed by atoms with van der Waals surface area (Å²) in [6.07, 6.45) is 5.86. The molecule has 4 atom stereocenters. The van der Waals surface area contributed by atoms with E-state index in [9.17, 15) is 0 Å². The average molecular weight is 244 g/mol. The van der Waals surface area contributed by atoms with Crippen LogP contribution in [0, 0.1) is 5.92 Å². The first kappa shape index (κ1) is 10.9. The number of methoxy groups -OCH3 is 1. The SMILES string of the molecule is COc1ccc2c(c1)[C@@H]1CCCC[C@@H]1[C@H]1O[C@@]21C. The Kier molecular flexibility index (Phi) is 2.12. The van der Waals surface area contributed by atoms with Gasteiger partial charge in [0.1, 0.15) is 11.4 Å². The zero-order valence-electron chi connectivity index (χ0n) is 11.1. The molecule has 1 heterocycles. The van der Waals surface area contributed by atoms with Gasteiger partial charge in [0.2, 0.25) is 0 Å². The van der Waals surface area contributed by atoms with E-state index in [0.717, 1.165) is 11.7 Å². The summed E-state index contributed by atoms with van der Waals surface area (Å²) in [4.78, 5) is 0. The third-order valence-corrected chi connectivity index (χ3v) is 5.26. The summed E-state index contributed by atoms with van der Waals surface area (Å²) in [6, 6.07) is 6.55. The van der Waals surface area contributed by atoms with Crippen molar-refractivity contribution in [3.63, 3.8) is 0 Å². The molecule has 3 aliphatic rings. The second-order valence-electron chi connectivity index (χ2n) is 6.15. The Morgan fingerprint density at radius 1 is 1.28 bits per heavy atom. The maximum Gasteiger partial charge on any atom is 0.119 e. The number of ether oxygens (including phenoxy) is 2. The van der Waals surface area contributed by atoms with E-state index in [-0.39, 0.29) is 5.60 Å². The number of hydrogen-bond donors (Lipinski definition) is 0. The third-order valence-electron chi connectivity index (χ3n) is 5.26. The summed E-state index contributed by atoms with van der Waals surface area (Å²) in [5.74, 6) is 2.42. The van der Waals surface area contributed by atoms with Crippen molar-refractivity contribution in [1.29, 1.82) is 0 Å². The van der Waals surface area contributed by atoms with Gasteiger partial charge in [0.15, 0.2) is 0 Å². The molecule has 96 valence electrons. The van der Waals surface area contributed by atoms with Gasteiger partial charge in [-0.1, -0.05) is 18.9 Å². The lowest BCUT2D eigenvalue weighted by Crippen LogP contribution is -2.32. The molecule has 1 aromatic carbocycles. The van der Waals surface area contributed by atoms with Crippen LogP contribution in [-0.4, -0.2) is 13.2 Å². The van der Waals surface area contributed by atoms with Crippen molar-refractivity contribution < 1.29 is 9.47 Å². The molecule has 2 nitrogen and oxygen atoms in total. The second-order valence-corrected chi connectivity index (χ2v) is 6.15. The lowest BCUT2D eigenvalue weighted by Gasteiger charge is -2.37. The molecule has 0 spiro atoms. The molecular weight excluding hydrogens is 224 g/mol. The van der Waals surface area contributed by atoms with Crippen molar-refractivity contribution in [2.45, 2.75) is 50.2 Å². The molecule has 2 aliphatic carbocycles. The Hall–Kier alpha value is -1.02. The van der Waals surface area contributed by atoms with Crippen molar-refractivity contribution in [2.75, 3.05) is 7.11 Å². The molecule has 2 fully saturated rings. The maximum atomic E-state index is 6.09. The van der Waals surface area contributed by atoms with Crippen molar-refractivity contribution in [3.05, 3.63) is 29.3 Å². The van der Waals surface area contributed by atoms with Crippen LogP contribution in [0.5, 0.6) is 5.75 Å². The first-order chi connectivity index (χ1) is 8.74. The largest absolute Gasteiger partial charge is 0.497 e.